The topological polar surface area (TPSA) is 98.6 Å². The van der Waals surface area contributed by atoms with Crippen LogP contribution in [0.15, 0.2) is 60.1 Å². The van der Waals surface area contributed by atoms with Crippen LogP contribution in [0.2, 0.25) is 0 Å². The highest BCUT2D eigenvalue weighted by atomic mass is 16.5. The Morgan fingerprint density at radius 2 is 1.97 bits per heavy atom. The van der Waals surface area contributed by atoms with E-state index in [0.717, 1.165) is 11.1 Å². The van der Waals surface area contributed by atoms with Crippen molar-refractivity contribution >= 4 is 11.8 Å². The normalized spacial score (nSPS) is 17.0. The molecule has 3 rings (SSSR count). The molecule has 0 aromatic heterocycles. The van der Waals surface area contributed by atoms with Gasteiger partial charge in [0.2, 0.25) is 5.90 Å². The Morgan fingerprint density at radius 3 is 2.64 bits per heavy atom. The first-order valence-corrected chi connectivity index (χ1v) is 10.7. The molecule has 8 heteroatoms. The van der Waals surface area contributed by atoms with Gasteiger partial charge in [0.1, 0.15) is 23.9 Å². The number of rotatable bonds is 12. The molecule has 0 bridgehead atoms. The summed E-state index contributed by atoms with van der Waals surface area (Å²) in [5, 5.41) is 11.8. The van der Waals surface area contributed by atoms with Gasteiger partial charge in [-0.25, -0.2) is 4.99 Å². The summed E-state index contributed by atoms with van der Waals surface area (Å²) < 4.78 is 22.0. The van der Waals surface area contributed by atoms with Crippen molar-refractivity contribution in [2.24, 2.45) is 4.99 Å². The first-order chi connectivity index (χ1) is 16.0. The van der Waals surface area contributed by atoms with E-state index in [1.54, 1.807) is 26.4 Å². The maximum atomic E-state index is 13.2. The van der Waals surface area contributed by atoms with Gasteiger partial charge < -0.3 is 29.4 Å². The molecule has 33 heavy (non-hydrogen) atoms. The predicted molar refractivity (Wildman–Crippen MR) is 125 cm³/mol. The fourth-order valence-electron chi connectivity index (χ4n) is 3.43. The van der Waals surface area contributed by atoms with Crippen molar-refractivity contribution in [1.29, 1.82) is 0 Å². The van der Waals surface area contributed by atoms with Gasteiger partial charge in [-0.2, -0.15) is 0 Å². The van der Waals surface area contributed by atoms with E-state index in [4.69, 9.17) is 24.1 Å². The van der Waals surface area contributed by atoms with Crippen LogP contribution in [0, 0.1) is 0 Å². The number of aliphatic hydroxyl groups excluding tert-OH is 1. The van der Waals surface area contributed by atoms with Crippen LogP contribution in [0.5, 0.6) is 17.2 Å². The first kappa shape index (κ1) is 24.1. The minimum atomic E-state index is -1.09. The second kappa shape index (κ2) is 11.4. The van der Waals surface area contributed by atoms with Crippen LogP contribution in [0.25, 0.3) is 0 Å². The van der Waals surface area contributed by atoms with Gasteiger partial charge >= 0.3 is 0 Å². The number of nitrogens with one attached hydrogen (secondary N) is 1. The Morgan fingerprint density at radius 1 is 1.21 bits per heavy atom. The Hall–Kier alpha value is -3.52. The highest BCUT2D eigenvalue weighted by Gasteiger charge is 2.43. The van der Waals surface area contributed by atoms with E-state index in [-0.39, 0.29) is 25.7 Å². The third kappa shape index (κ3) is 5.84. The number of aliphatic imine (C=N–C) groups is 1. The van der Waals surface area contributed by atoms with Crippen LogP contribution in [0.1, 0.15) is 24.0 Å². The van der Waals surface area contributed by atoms with Crippen molar-refractivity contribution in [1.82, 2.24) is 5.32 Å². The number of methoxy groups -OCH3 is 2. The average molecular weight is 455 g/mol. The lowest BCUT2D eigenvalue weighted by Gasteiger charge is -2.22. The fraction of sp³-hybridized carbons (Fsp3) is 0.360. The summed E-state index contributed by atoms with van der Waals surface area (Å²) in [6.07, 6.45) is 2.57. The van der Waals surface area contributed by atoms with E-state index >= 15 is 0 Å². The Bertz CT molecular complexity index is 989. The monoisotopic (exact) mass is 454 g/mol. The maximum Gasteiger partial charge on any atom is 0.252 e. The van der Waals surface area contributed by atoms with Crippen LogP contribution in [0.3, 0.4) is 0 Å². The van der Waals surface area contributed by atoms with Gasteiger partial charge in [-0.05, 0) is 36.4 Å². The van der Waals surface area contributed by atoms with E-state index in [0.29, 0.717) is 42.6 Å². The quantitative estimate of drug-likeness (QED) is 0.378. The van der Waals surface area contributed by atoms with Gasteiger partial charge in [0.15, 0.2) is 5.54 Å². The maximum absolute atomic E-state index is 13.2. The molecule has 0 fully saturated rings. The highest BCUT2D eigenvalue weighted by Crippen LogP contribution is 2.28. The molecule has 0 spiro atoms. The molecule has 1 atom stereocenters. The number of ether oxygens (including phenoxy) is 4. The van der Waals surface area contributed by atoms with Crippen molar-refractivity contribution in [3.63, 3.8) is 0 Å². The van der Waals surface area contributed by atoms with Gasteiger partial charge in [0.25, 0.3) is 5.91 Å². The van der Waals surface area contributed by atoms with E-state index in [1.807, 2.05) is 36.4 Å². The lowest BCUT2D eigenvalue weighted by atomic mass is 9.96. The fourth-order valence-corrected chi connectivity index (χ4v) is 3.43. The van der Waals surface area contributed by atoms with Crippen LogP contribution < -0.4 is 19.5 Å². The van der Waals surface area contributed by atoms with Crippen LogP contribution >= 0.6 is 0 Å². The Labute approximate surface area is 193 Å². The zero-order valence-corrected chi connectivity index (χ0v) is 19.0. The van der Waals surface area contributed by atoms with E-state index in [1.165, 1.54) is 0 Å². The molecule has 2 aromatic rings. The van der Waals surface area contributed by atoms with Crippen LogP contribution in [-0.4, -0.2) is 56.5 Å². The van der Waals surface area contributed by atoms with Crippen molar-refractivity contribution in [2.45, 2.75) is 24.9 Å². The molecule has 1 heterocycles. The third-order valence-electron chi connectivity index (χ3n) is 5.27. The summed E-state index contributed by atoms with van der Waals surface area (Å²) in [6, 6.07) is 12.7. The van der Waals surface area contributed by atoms with Gasteiger partial charge in [-0.3, -0.25) is 4.79 Å². The lowest BCUT2D eigenvalue weighted by Crippen LogP contribution is -2.46. The SMILES string of the molecule is C=CC[C@]1(C(=O)NCc2ccc(OC)cc2OC)COC(c2ccc(OCCCO)cc2)=N1. The largest absolute Gasteiger partial charge is 0.497 e. The number of hydrogen-bond acceptors (Lipinski definition) is 7. The predicted octanol–water partition coefficient (Wildman–Crippen LogP) is 2.87. The molecular formula is C25H30N2O6. The third-order valence-corrected chi connectivity index (χ3v) is 5.27. The van der Waals surface area contributed by atoms with Gasteiger partial charge in [0.05, 0.1) is 20.8 Å². The highest BCUT2D eigenvalue weighted by molar-refractivity contribution is 6.00. The molecule has 176 valence electrons. The zero-order chi connectivity index (χ0) is 23.7. The molecule has 1 aliphatic heterocycles. The average Bonchev–Trinajstić information content (AvgIpc) is 3.28. The van der Waals surface area contributed by atoms with Gasteiger partial charge in [0, 0.05) is 43.2 Å². The molecule has 0 saturated heterocycles. The molecule has 0 radical (unpaired) electrons. The molecule has 0 aliphatic carbocycles. The van der Waals surface area contributed by atoms with E-state index in [9.17, 15) is 4.79 Å². The number of carbonyl (C=O) groups is 1. The Balaban J connectivity index is 1.72. The molecule has 0 saturated carbocycles. The van der Waals surface area contributed by atoms with E-state index in [2.05, 4.69) is 16.9 Å². The van der Waals surface area contributed by atoms with Crippen molar-refractivity contribution in [3.8, 4) is 17.2 Å². The smallest absolute Gasteiger partial charge is 0.252 e. The summed E-state index contributed by atoms with van der Waals surface area (Å²) >= 11 is 0. The van der Waals surface area contributed by atoms with Gasteiger partial charge in [-0.1, -0.05) is 6.08 Å². The lowest BCUT2D eigenvalue weighted by molar-refractivity contribution is -0.126. The van der Waals surface area contributed by atoms with Crippen molar-refractivity contribution < 1.29 is 28.8 Å². The summed E-state index contributed by atoms with van der Waals surface area (Å²) in [6.45, 7) is 4.71. The second-order valence-corrected chi connectivity index (χ2v) is 7.54. The summed E-state index contributed by atoms with van der Waals surface area (Å²) in [7, 11) is 3.16. The molecular weight excluding hydrogens is 424 g/mol. The van der Waals surface area contributed by atoms with Crippen molar-refractivity contribution in [3.05, 3.63) is 66.2 Å². The molecule has 8 nitrogen and oxygen atoms in total. The van der Waals surface area contributed by atoms with Crippen molar-refractivity contribution in [2.75, 3.05) is 34.0 Å². The number of hydrogen-bond donors (Lipinski definition) is 2. The van der Waals surface area contributed by atoms with Gasteiger partial charge in [-0.15, -0.1) is 6.58 Å². The standard InChI is InChI=1S/C25H30N2O6/c1-4-12-25(24(29)26-16-19-8-11-21(30-2)15-22(19)31-3)17-33-23(27-25)18-6-9-20(10-7-18)32-14-5-13-28/h4,6-11,15,28H,1,5,12-14,16-17H2,2-3H3,(H,26,29)/t25-/m1/s1. The molecule has 2 aromatic carbocycles. The van der Waals surface area contributed by atoms with Crippen LogP contribution in [0.4, 0.5) is 0 Å². The van der Waals surface area contributed by atoms with Crippen LogP contribution in [-0.2, 0) is 16.1 Å². The summed E-state index contributed by atoms with van der Waals surface area (Å²) in [4.78, 5) is 17.8. The first-order valence-electron chi connectivity index (χ1n) is 10.7. The number of amides is 1. The van der Waals surface area contributed by atoms with E-state index < -0.39 is 5.54 Å². The summed E-state index contributed by atoms with van der Waals surface area (Å²) in [5.41, 5.74) is 0.480. The minimum absolute atomic E-state index is 0.0847. The molecule has 2 N–H and O–H groups in total. The number of nitrogens with zero attached hydrogens (tertiary/aromatic N) is 1. The second-order valence-electron chi connectivity index (χ2n) is 7.54. The number of carbonyl (C=O) groups excluding carboxylic acids is 1. The molecule has 1 aliphatic rings. The molecule has 1 amide bonds. The number of benzene rings is 2. The zero-order valence-electron chi connectivity index (χ0n) is 19.0. The minimum Gasteiger partial charge on any atom is -0.497 e. The summed E-state index contributed by atoms with van der Waals surface area (Å²) in [5.74, 6) is 2.14. The molecule has 0 unspecified atom stereocenters. The number of aliphatic hydroxyl groups is 1. The Kier molecular flexibility index (Phi) is 8.32.